The van der Waals surface area contributed by atoms with Crippen LogP contribution in [0.3, 0.4) is 0 Å². The third kappa shape index (κ3) is 4.46. The van der Waals surface area contributed by atoms with Crippen LogP contribution in [0.15, 0.2) is 22.7 Å². The number of hydrogen-bond donors (Lipinski definition) is 2. The van der Waals surface area contributed by atoms with Crippen LogP contribution in [0.2, 0.25) is 5.15 Å². The highest BCUT2D eigenvalue weighted by molar-refractivity contribution is 6.29. The first-order valence-corrected chi connectivity index (χ1v) is 7.07. The van der Waals surface area contributed by atoms with Gasteiger partial charge in [0, 0.05) is 12.1 Å². The van der Waals surface area contributed by atoms with E-state index in [1.165, 1.54) is 6.07 Å². The van der Waals surface area contributed by atoms with Gasteiger partial charge in [0.15, 0.2) is 0 Å². The second-order valence-corrected chi connectivity index (χ2v) is 4.93. The zero-order valence-corrected chi connectivity index (χ0v) is 12.7. The summed E-state index contributed by atoms with van der Waals surface area (Å²) in [7, 11) is 0. The van der Waals surface area contributed by atoms with Crippen molar-refractivity contribution in [3.8, 4) is 0 Å². The van der Waals surface area contributed by atoms with Gasteiger partial charge in [0.2, 0.25) is 5.89 Å². The molecule has 0 radical (unpaired) electrons. The molecule has 0 atom stereocenters. The van der Waals surface area contributed by atoms with Crippen LogP contribution in [0.25, 0.3) is 0 Å². The summed E-state index contributed by atoms with van der Waals surface area (Å²) < 4.78 is 5.29. The summed E-state index contributed by atoms with van der Waals surface area (Å²) in [5.74, 6) is 1.50. The average molecular weight is 309 g/mol. The molecule has 0 aliphatic carbocycles. The number of pyridine rings is 1. The summed E-state index contributed by atoms with van der Waals surface area (Å²) in [6.07, 6.45) is 2.57. The monoisotopic (exact) mass is 308 g/mol. The van der Waals surface area contributed by atoms with Crippen molar-refractivity contribution in [2.24, 2.45) is 0 Å². The standard InChI is InChI=1S/C14H17ClN4O2/c1-3-4-16-12-6-10(5-11(15)19-12)14(20)18-8-13-17-7-9(2)21-13/h5-7H,3-4,8H2,1-2H3,(H,16,19)(H,18,20). The number of hydrogen-bond acceptors (Lipinski definition) is 5. The van der Waals surface area contributed by atoms with Crippen LogP contribution in [0.1, 0.15) is 35.4 Å². The lowest BCUT2D eigenvalue weighted by Crippen LogP contribution is -2.23. The maximum Gasteiger partial charge on any atom is 0.251 e. The number of anilines is 1. The van der Waals surface area contributed by atoms with E-state index in [0.717, 1.165) is 13.0 Å². The molecule has 2 heterocycles. The molecule has 0 spiro atoms. The van der Waals surface area contributed by atoms with E-state index in [1.54, 1.807) is 19.2 Å². The van der Waals surface area contributed by atoms with Gasteiger partial charge in [0.05, 0.1) is 12.7 Å². The Hall–Kier alpha value is -2.08. The number of nitrogens with one attached hydrogen (secondary N) is 2. The first kappa shape index (κ1) is 15.3. The quantitative estimate of drug-likeness (QED) is 0.802. The number of nitrogens with zero attached hydrogens (tertiary/aromatic N) is 2. The number of oxazole rings is 1. The third-order valence-corrected chi connectivity index (χ3v) is 2.88. The largest absolute Gasteiger partial charge is 0.444 e. The summed E-state index contributed by atoms with van der Waals surface area (Å²) in [6.45, 7) is 4.84. The molecule has 2 aromatic heterocycles. The van der Waals surface area contributed by atoms with Gasteiger partial charge in [-0.2, -0.15) is 0 Å². The van der Waals surface area contributed by atoms with Gasteiger partial charge in [-0.15, -0.1) is 0 Å². The Bertz CT molecular complexity index is 627. The van der Waals surface area contributed by atoms with Crippen molar-refractivity contribution in [2.75, 3.05) is 11.9 Å². The highest BCUT2D eigenvalue weighted by atomic mass is 35.5. The summed E-state index contributed by atoms with van der Waals surface area (Å²) in [5.41, 5.74) is 0.442. The average Bonchev–Trinajstić information content (AvgIpc) is 2.87. The van der Waals surface area contributed by atoms with Crippen LogP contribution in [0, 0.1) is 6.92 Å². The minimum Gasteiger partial charge on any atom is -0.444 e. The Balaban J connectivity index is 2.02. The lowest BCUT2D eigenvalue weighted by molar-refractivity contribution is 0.0947. The van der Waals surface area contributed by atoms with E-state index in [2.05, 4.69) is 20.6 Å². The highest BCUT2D eigenvalue weighted by Gasteiger charge is 2.10. The molecule has 2 rings (SSSR count). The van der Waals surface area contributed by atoms with Gasteiger partial charge in [-0.1, -0.05) is 18.5 Å². The number of aromatic nitrogens is 2. The lowest BCUT2D eigenvalue weighted by atomic mass is 10.2. The summed E-state index contributed by atoms with van der Waals surface area (Å²) in [4.78, 5) is 20.3. The molecular weight excluding hydrogens is 292 g/mol. The highest BCUT2D eigenvalue weighted by Crippen LogP contribution is 2.15. The first-order chi connectivity index (χ1) is 10.1. The third-order valence-electron chi connectivity index (χ3n) is 2.68. The predicted octanol–water partition coefficient (Wildman–Crippen LogP) is 2.78. The number of carbonyl (C=O) groups excluding carboxylic acids is 1. The van der Waals surface area contributed by atoms with Gasteiger partial charge in [0.1, 0.15) is 16.7 Å². The smallest absolute Gasteiger partial charge is 0.251 e. The van der Waals surface area contributed by atoms with Gasteiger partial charge in [-0.25, -0.2) is 9.97 Å². The molecule has 0 aromatic carbocycles. The summed E-state index contributed by atoms with van der Waals surface area (Å²) in [6, 6.07) is 3.19. The molecule has 1 amide bonds. The Morgan fingerprint density at radius 2 is 2.24 bits per heavy atom. The first-order valence-electron chi connectivity index (χ1n) is 6.69. The normalized spacial score (nSPS) is 10.4. The van der Waals surface area contributed by atoms with Crippen molar-refractivity contribution in [1.82, 2.24) is 15.3 Å². The molecule has 0 saturated carbocycles. The van der Waals surface area contributed by atoms with E-state index < -0.39 is 0 Å². The maximum absolute atomic E-state index is 12.1. The zero-order valence-electron chi connectivity index (χ0n) is 11.9. The van der Waals surface area contributed by atoms with E-state index >= 15 is 0 Å². The molecule has 2 N–H and O–H groups in total. The molecular formula is C14H17ClN4O2. The SMILES string of the molecule is CCCNc1cc(C(=O)NCc2ncc(C)o2)cc(Cl)n1. The van der Waals surface area contributed by atoms with Gasteiger partial charge < -0.3 is 15.1 Å². The molecule has 0 unspecified atom stereocenters. The molecule has 2 aromatic rings. The molecule has 21 heavy (non-hydrogen) atoms. The molecule has 0 fully saturated rings. The van der Waals surface area contributed by atoms with Crippen LogP contribution < -0.4 is 10.6 Å². The van der Waals surface area contributed by atoms with E-state index in [4.69, 9.17) is 16.0 Å². The Kier molecular flexibility index (Phi) is 5.16. The van der Waals surface area contributed by atoms with Gasteiger partial charge in [-0.3, -0.25) is 4.79 Å². The second-order valence-electron chi connectivity index (χ2n) is 4.54. The predicted molar refractivity (Wildman–Crippen MR) is 80.4 cm³/mol. The minimum atomic E-state index is -0.255. The fourth-order valence-corrected chi connectivity index (χ4v) is 1.92. The van der Waals surface area contributed by atoms with E-state index in [9.17, 15) is 4.79 Å². The Morgan fingerprint density at radius 1 is 1.43 bits per heavy atom. The van der Waals surface area contributed by atoms with Crippen molar-refractivity contribution < 1.29 is 9.21 Å². The fourth-order valence-electron chi connectivity index (χ4n) is 1.71. The van der Waals surface area contributed by atoms with Crippen molar-refractivity contribution in [3.05, 3.63) is 40.7 Å². The van der Waals surface area contributed by atoms with E-state index in [1.807, 2.05) is 6.92 Å². The van der Waals surface area contributed by atoms with E-state index in [0.29, 0.717) is 23.0 Å². The molecule has 0 saturated heterocycles. The molecule has 0 aliphatic heterocycles. The van der Waals surface area contributed by atoms with Gasteiger partial charge >= 0.3 is 0 Å². The topological polar surface area (TPSA) is 80.0 Å². The molecule has 0 bridgehead atoms. The van der Waals surface area contributed by atoms with Gasteiger partial charge in [0.25, 0.3) is 5.91 Å². The number of aryl methyl sites for hydroxylation is 1. The summed E-state index contributed by atoms with van der Waals surface area (Å²) >= 11 is 5.93. The van der Waals surface area contributed by atoms with Crippen LogP contribution in [-0.2, 0) is 6.54 Å². The van der Waals surface area contributed by atoms with Crippen LogP contribution in [0.4, 0.5) is 5.82 Å². The van der Waals surface area contributed by atoms with Crippen LogP contribution in [-0.4, -0.2) is 22.4 Å². The Labute approximate surface area is 127 Å². The van der Waals surface area contributed by atoms with Gasteiger partial charge in [-0.05, 0) is 25.5 Å². The fraction of sp³-hybridized carbons (Fsp3) is 0.357. The second kappa shape index (κ2) is 7.08. The lowest BCUT2D eigenvalue weighted by Gasteiger charge is -2.07. The number of rotatable bonds is 6. The zero-order chi connectivity index (χ0) is 15.2. The van der Waals surface area contributed by atoms with Crippen molar-refractivity contribution in [3.63, 3.8) is 0 Å². The minimum absolute atomic E-state index is 0.227. The van der Waals surface area contributed by atoms with Crippen molar-refractivity contribution in [1.29, 1.82) is 0 Å². The number of halogens is 1. The summed E-state index contributed by atoms with van der Waals surface area (Å²) in [5, 5.41) is 6.10. The van der Waals surface area contributed by atoms with Crippen LogP contribution in [0.5, 0.6) is 0 Å². The van der Waals surface area contributed by atoms with Crippen LogP contribution >= 0.6 is 11.6 Å². The Morgan fingerprint density at radius 3 is 2.90 bits per heavy atom. The van der Waals surface area contributed by atoms with E-state index in [-0.39, 0.29) is 17.6 Å². The number of amides is 1. The molecule has 112 valence electrons. The molecule has 6 nitrogen and oxygen atoms in total. The number of carbonyl (C=O) groups is 1. The van der Waals surface area contributed by atoms with Crippen molar-refractivity contribution >= 4 is 23.3 Å². The maximum atomic E-state index is 12.1. The molecule has 0 aliphatic rings. The molecule has 7 heteroatoms. The van der Waals surface area contributed by atoms with Crippen molar-refractivity contribution in [2.45, 2.75) is 26.8 Å².